The molecule has 0 spiro atoms. The average Bonchev–Trinajstić information content (AvgIpc) is 3.28. The molecule has 5 nitrogen and oxygen atoms in total. The molecule has 0 aromatic heterocycles. The second-order valence-corrected chi connectivity index (χ2v) is 19.1. The van der Waals surface area contributed by atoms with Crippen LogP contribution in [0.25, 0.3) is 0 Å². The van der Waals surface area contributed by atoms with E-state index in [2.05, 4.69) is 43.5 Å². The lowest BCUT2D eigenvalue weighted by molar-refractivity contribution is -0.131. The van der Waals surface area contributed by atoms with E-state index in [1.807, 2.05) is 6.08 Å². The van der Waals surface area contributed by atoms with Crippen molar-refractivity contribution >= 4 is 5.91 Å². The molecule has 4 N–H and O–H groups in total. The summed E-state index contributed by atoms with van der Waals surface area (Å²) < 4.78 is 0. The molecule has 62 heavy (non-hydrogen) atoms. The van der Waals surface area contributed by atoms with Crippen LogP contribution in [-0.4, -0.2) is 46.1 Å². The van der Waals surface area contributed by atoms with E-state index >= 15 is 0 Å². The maximum absolute atomic E-state index is 12.5. The van der Waals surface area contributed by atoms with E-state index in [-0.39, 0.29) is 6.61 Å². The van der Waals surface area contributed by atoms with Crippen LogP contribution in [0.2, 0.25) is 0 Å². The van der Waals surface area contributed by atoms with Gasteiger partial charge in [-0.1, -0.05) is 275 Å². The van der Waals surface area contributed by atoms with Gasteiger partial charge in [0, 0.05) is 0 Å². The summed E-state index contributed by atoms with van der Waals surface area (Å²) in [6.07, 6.45) is 68.0. The third-order valence-electron chi connectivity index (χ3n) is 13.0. The van der Waals surface area contributed by atoms with Crippen LogP contribution >= 0.6 is 0 Å². The van der Waals surface area contributed by atoms with Gasteiger partial charge in [-0.3, -0.25) is 4.79 Å². The lowest BCUT2D eigenvalue weighted by atomic mass is 10.0. The number of carbonyl (C=O) groups excluding carboxylic acids is 1. The molecule has 0 aromatic carbocycles. The molecule has 0 fully saturated rings. The van der Waals surface area contributed by atoms with Gasteiger partial charge in [-0.15, -0.1) is 0 Å². The van der Waals surface area contributed by atoms with Gasteiger partial charge in [0.05, 0.1) is 18.8 Å². The maximum Gasteiger partial charge on any atom is 0.249 e. The number of hydrogen-bond acceptors (Lipinski definition) is 4. The number of amides is 1. The Morgan fingerprint density at radius 3 is 0.984 bits per heavy atom. The van der Waals surface area contributed by atoms with Crippen molar-refractivity contribution in [2.24, 2.45) is 0 Å². The highest BCUT2D eigenvalue weighted by molar-refractivity contribution is 5.80. The van der Waals surface area contributed by atoms with Gasteiger partial charge < -0.3 is 20.6 Å². The van der Waals surface area contributed by atoms with Gasteiger partial charge in [0.15, 0.2) is 0 Å². The topological polar surface area (TPSA) is 89.8 Å². The molecule has 3 atom stereocenters. The van der Waals surface area contributed by atoms with Crippen molar-refractivity contribution in [3.8, 4) is 0 Å². The normalized spacial score (nSPS) is 13.6. The van der Waals surface area contributed by atoms with Crippen molar-refractivity contribution in [1.82, 2.24) is 5.32 Å². The number of unbranched alkanes of at least 4 members (excludes halogenated alkanes) is 39. The third kappa shape index (κ3) is 46.6. The van der Waals surface area contributed by atoms with Crippen molar-refractivity contribution in [2.45, 2.75) is 315 Å². The molecule has 0 radical (unpaired) electrons. The lowest BCUT2D eigenvalue weighted by Crippen LogP contribution is -2.48. The summed E-state index contributed by atoms with van der Waals surface area (Å²) in [5.74, 6) is -0.509. The van der Waals surface area contributed by atoms with Gasteiger partial charge in [0.2, 0.25) is 5.91 Å². The number of carbonyl (C=O) groups is 1. The number of rotatable bonds is 51. The van der Waals surface area contributed by atoms with Gasteiger partial charge in [-0.2, -0.15) is 0 Å². The summed E-state index contributed by atoms with van der Waals surface area (Å²) in [5, 5.41) is 33.3. The average molecular weight is 873 g/mol. The lowest BCUT2D eigenvalue weighted by Gasteiger charge is -2.21. The zero-order valence-electron chi connectivity index (χ0n) is 41.8. The van der Waals surface area contributed by atoms with Crippen LogP contribution in [0.5, 0.6) is 0 Å². The number of aliphatic hydroxyl groups excluding tert-OH is 3. The van der Waals surface area contributed by atoms with Gasteiger partial charge >= 0.3 is 0 Å². The number of allylic oxidation sites excluding steroid dienone is 5. The summed E-state index contributed by atoms with van der Waals surface area (Å²) in [4.78, 5) is 12.5. The highest BCUT2D eigenvalue weighted by Crippen LogP contribution is 2.17. The number of hydrogen-bond donors (Lipinski definition) is 4. The van der Waals surface area contributed by atoms with Crippen LogP contribution in [0.4, 0.5) is 0 Å². The first-order valence-electron chi connectivity index (χ1n) is 27.8. The minimum absolute atomic E-state index is 0.374. The quantitative estimate of drug-likeness (QED) is 0.0362. The molecule has 0 aliphatic heterocycles. The zero-order chi connectivity index (χ0) is 45.1. The van der Waals surface area contributed by atoms with Gasteiger partial charge in [-0.05, 0) is 57.8 Å². The van der Waals surface area contributed by atoms with Gasteiger partial charge in [-0.25, -0.2) is 0 Å². The van der Waals surface area contributed by atoms with E-state index in [9.17, 15) is 20.1 Å². The van der Waals surface area contributed by atoms with Crippen molar-refractivity contribution in [3.05, 3.63) is 36.5 Å². The molecule has 0 aliphatic rings. The zero-order valence-corrected chi connectivity index (χ0v) is 41.8. The van der Waals surface area contributed by atoms with Crippen LogP contribution in [-0.2, 0) is 4.79 Å². The molecule has 0 aromatic rings. The molecular weight excluding hydrogens is 763 g/mol. The van der Waals surface area contributed by atoms with Crippen LogP contribution in [0.1, 0.15) is 296 Å². The SMILES string of the molecule is CCCCCCCCCCCCCC/C=C\CCCCCCCCCCCCCCCCC(O)C(=O)NC(CO)C(O)/C=C/CC/C=C/CCCCCCCCCCCCCC. The first-order chi connectivity index (χ1) is 30.6. The Hall–Kier alpha value is -1.43. The number of aliphatic hydroxyl groups is 3. The van der Waals surface area contributed by atoms with Gasteiger partial charge in [0.1, 0.15) is 6.10 Å². The monoisotopic (exact) mass is 872 g/mol. The largest absolute Gasteiger partial charge is 0.394 e. The Morgan fingerprint density at radius 2 is 0.661 bits per heavy atom. The summed E-state index contributed by atoms with van der Waals surface area (Å²) in [6, 6.07) is -0.814. The van der Waals surface area contributed by atoms with E-state index < -0.39 is 24.2 Å². The van der Waals surface area contributed by atoms with E-state index in [1.54, 1.807) is 6.08 Å². The molecule has 0 aliphatic carbocycles. The molecular formula is C57H109NO4. The first kappa shape index (κ1) is 60.6. The van der Waals surface area contributed by atoms with Crippen LogP contribution < -0.4 is 5.32 Å². The smallest absolute Gasteiger partial charge is 0.249 e. The van der Waals surface area contributed by atoms with Gasteiger partial charge in [0.25, 0.3) is 0 Å². The molecule has 5 heteroatoms. The molecule has 0 rings (SSSR count). The Kier molecular flexibility index (Phi) is 51.0. The molecule has 0 saturated heterocycles. The number of nitrogens with one attached hydrogen (secondary N) is 1. The minimum Gasteiger partial charge on any atom is -0.394 e. The van der Waals surface area contributed by atoms with E-state index in [1.165, 1.54) is 238 Å². The van der Waals surface area contributed by atoms with E-state index in [0.29, 0.717) is 6.42 Å². The molecule has 3 unspecified atom stereocenters. The first-order valence-corrected chi connectivity index (χ1v) is 27.8. The Balaban J connectivity index is 3.57. The molecule has 1 amide bonds. The van der Waals surface area contributed by atoms with E-state index in [4.69, 9.17) is 0 Å². The third-order valence-corrected chi connectivity index (χ3v) is 13.0. The van der Waals surface area contributed by atoms with Crippen molar-refractivity contribution in [1.29, 1.82) is 0 Å². The maximum atomic E-state index is 12.5. The summed E-state index contributed by atoms with van der Waals surface area (Å²) in [7, 11) is 0. The van der Waals surface area contributed by atoms with Crippen LogP contribution in [0.15, 0.2) is 36.5 Å². The van der Waals surface area contributed by atoms with Crippen LogP contribution in [0.3, 0.4) is 0 Å². The van der Waals surface area contributed by atoms with E-state index in [0.717, 1.165) is 38.5 Å². The fourth-order valence-electron chi connectivity index (χ4n) is 8.61. The Morgan fingerprint density at radius 1 is 0.387 bits per heavy atom. The second kappa shape index (κ2) is 52.2. The van der Waals surface area contributed by atoms with Crippen molar-refractivity contribution in [3.63, 3.8) is 0 Å². The standard InChI is InChI=1S/C57H109NO4/c1-3-5-7-9-11-13-15-17-19-21-23-24-25-26-27-28-29-30-31-32-33-34-36-38-40-42-44-46-48-50-52-56(61)57(62)58-54(53-59)55(60)51-49-47-45-43-41-39-37-35-22-20-18-16-14-12-10-8-6-4-2/h26-27,41,43,49,51,54-56,59-61H,3-25,28-40,42,44-48,50,52-53H2,1-2H3,(H,58,62)/b27-26-,43-41+,51-49+. The molecule has 0 bridgehead atoms. The van der Waals surface area contributed by atoms with Crippen LogP contribution in [0, 0.1) is 0 Å². The molecule has 0 heterocycles. The minimum atomic E-state index is -1.11. The highest BCUT2D eigenvalue weighted by atomic mass is 16.3. The molecule has 0 saturated carbocycles. The summed E-state index contributed by atoms with van der Waals surface area (Å²) >= 11 is 0. The predicted octanol–water partition coefficient (Wildman–Crippen LogP) is 17.1. The second-order valence-electron chi connectivity index (χ2n) is 19.1. The summed E-state index contributed by atoms with van der Waals surface area (Å²) in [5.41, 5.74) is 0. The Bertz CT molecular complexity index is 962. The Labute approximate surface area is 387 Å². The molecule has 366 valence electrons. The van der Waals surface area contributed by atoms with Crippen molar-refractivity contribution in [2.75, 3.05) is 6.61 Å². The fraction of sp³-hybridized carbons (Fsp3) is 0.877. The van der Waals surface area contributed by atoms with Crippen molar-refractivity contribution < 1.29 is 20.1 Å². The predicted molar refractivity (Wildman–Crippen MR) is 273 cm³/mol. The highest BCUT2D eigenvalue weighted by Gasteiger charge is 2.22. The fourth-order valence-corrected chi connectivity index (χ4v) is 8.61. The summed E-state index contributed by atoms with van der Waals surface area (Å²) in [6.45, 7) is 4.20.